The van der Waals surface area contributed by atoms with Gasteiger partial charge in [-0.05, 0) is 39.0 Å². The zero-order chi connectivity index (χ0) is 15.5. The third-order valence-electron chi connectivity index (χ3n) is 5.16. The van der Waals surface area contributed by atoms with Gasteiger partial charge in [-0.1, -0.05) is 19.3 Å². The minimum Gasteiger partial charge on any atom is -0.354 e. The summed E-state index contributed by atoms with van der Waals surface area (Å²) in [6.45, 7) is 2.92. The molecule has 1 unspecified atom stereocenters. The molecule has 0 aromatic carbocycles. The smallest absolute Gasteiger partial charge is 0.271 e. The molecule has 0 saturated heterocycles. The first-order valence-corrected chi connectivity index (χ1v) is 8.79. The molecule has 5 nitrogen and oxygen atoms in total. The van der Waals surface area contributed by atoms with Crippen LogP contribution in [0.15, 0.2) is 0 Å². The Labute approximate surface area is 132 Å². The van der Waals surface area contributed by atoms with Gasteiger partial charge in [-0.25, -0.2) is 0 Å². The van der Waals surface area contributed by atoms with Gasteiger partial charge in [0.2, 0.25) is 0 Å². The summed E-state index contributed by atoms with van der Waals surface area (Å²) in [6, 6.07) is 1.17. The lowest BCUT2D eigenvalue weighted by Crippen LogP contribution is -2.42. The fourth-order valence-electron chi connectivity index (χ4n) is 4.00. The zero-order valence-corrected chi connectivity index (χ0v) is 13.8. The van der Waals surface area contributed by atoms with Crippen molar-refractivity contribution in [3.8, 4) is 0 Å². The Hall–Kier alpha value is -1.36. The highest BCUT2D eigenvalue weighted by Gasteiger charge is 2.29. The molecule has 22 heavy (non-hydrogen) atoms. The molecule has 1 aromatic rings. The van der Waals surface area contributed by atoms with Gasteiger partial charge < -0.3 is 10.6 Å². The van der Waals surface area contributed by atoms with Crippen LogP contribution in [0.5, 0.6) is 0 Å². The number of aryl methyl sites for hydroxylation is 1. The quantitative estimate of drug-likeness (QED) is 0.895. The summed E-state index contributed by atoms with van der Waals surface area (Å²) in [4.78, 5) is 12.1. The highest BCUT2D eigenvalue weighted by molar-refractivity contribution is 5.93. The molecule has 0 radical (unpaired) electrons. The third-order valence-corrected chi connectivity index (χ3v) is 5.16. The van der Waals surface area contributed by atoms with Crippen LogP contribution in [0.2, 0.25) is 0 Å². The number of fused-ring (bicyclic) bond motifs is 1. The molecule has 1 fully saturated rings. The molecule has 122 valence electrons. The van der Waals surface area contributed by atoms with Crippen molar-refractivity contribution in [2.24, 2.45) is 0 Å². The van der Waals surface area contributed by atoms with Crippen LogP contribution >= 0.6 is 0 Å². The zero-order valence-electron chi connectivity index (χ0n) is 13.8. The lowest BCUT2D eigenvalue weighted by molar-refractivity contribution is 0.0956. The second-order valence-corrected chi connectivity index (χ2v) is 6.61. The summed E-state index contributed by atoms with van der Waals surface area (Å²) in [5.74, 6) is -0.0539. The number of hydrogen-bond donors (Lipinski definition) is 2. The average Bonchev–Trinajstić information content (AvgIpc) is 2.93. The summed E-state index contributed by atoms with van der Waals surface area (Å²) < 4.78 is 2.01. The lowest BCUT2D eigenvalue weighted by Gasteiger charge is -2.31. The maximum absolute atomic E-state index is 12.1. The van der Waals surface area contributed by atoms with Crippen molar-refractivity contribution in [1.29, 1.82) is 0 Å². The van der Waals surface area contributed by atoms with Crippen LogP contribution in [0.3, 0.4) is 0 Å². The molecular formula is C17H28N4O. The van der Waals surface area contributed by atoms with Crippen molar-refractivity contribution in [1.82, 2.24) is 20.4 Å². The highest BCUT2D eigenvalue weighted by Crippen LogP contribution is 2.27. The predicted molar refractivity (Wildman–Crippen MR) is 87.1 cm³/mol. The number of nitrogens with zero attached hydrogens (tertiary/aromatic N) is 2. The fourth-order valence-corrected chi connectivity index (χ4v) is 4.00. The first-order valence-electron chi connectivity index (χ1n) is 8.79. The molecule has 3 rings (SSSR count). The number of nitrogens with one attached hydrogen (secondary N) is 2. The summed E-state index contributed by atoms with van der Waals surface area (Å²) in [5, 5.41) is 11.1. The lowest BCUT2D eigenvalue weighted by atomic mass is 9.88. The number of rotatable bonds is 4. The number of carbonyl (C=O) groups excluding carboxylic acids is 1. The fraction of sp³-hybridized carbons (Fsp3) is 0.765. The van der Waals surface area contributed by atoms with Gasteiger partial charge in [0.25, 0.3) is 5.91 Å². The first kappa shape index (κ1) is 15.5. The second kappa shape index (κ2) is 6.82. The van der Waals surface area contributed by atoms with Gasteiger partial charge >= 0.3 is 0 Å². The molecule has 5 heteroatoms. The molecule has 2 N–H and O–H groups in total. The predicted octanol–water partition coefficient (Wildman–Crippen LogP) is 2.04. The van der Waals surface area contributed by atoms with Gasteiger partial charge in [0.05, 0.1) is 0 Å². The van der Waals surface area contributed by atoms with Crippen LogP contribution in [0, 0.1) is 0 Å². The van der Waals surface area contributed by atoms with Gasteiger partial charge in [-0.15, -0.1) is 0 Å². The maximum atomic E-state index is 12.1. The largest absolute Gasteiger partial charge is 0.354 e. The summed E-state index contributed by atoms with van der Waals surface area (Å²) in [6.07, 6.45) is 9.82. The Bertz CT molecular complexity index is 531. The van der Waals surface area contributed by atoms with Gasteiger partial charge in [0.1, 0.15) is 0 Å². The van der Waals surface area contributed by atoms with Crippen molar-refractivity contribution >= 4 is 5.91 Å². The normalized spacial score (nSPS) is 22.4. The summed E-state index contributed by atoms with van der Waals surface area (Å²) >= 11 is 0. The van der Waals surface area contributed by atoms with E-state index in [4.69, 9.17) is 0 Å². The molecule has 1 aromatic heterocycles. The highest BCUT2D eigenvalue weighted by atomic mass is 16.1. The van der Waals surface area contributed by atoms with Gasteiger partial charge in [0.15, 0.2) is 5.69 Å². The summed E-state index contributed by atoms with van der Waals surface area (Å²) in [7, 11) is 1.68. The number of hydrogen-bond acceptors (Lipinski definition) is 3. The first-order chi connectivity index (χ1) is 10.7. The molecule has 1 amide bonds. The number of amides is 1. The van der Waals surface area contributed by atoms with E-state index in [0.717, 1.165) is 25.8 Å². The van der Waals surface area contributed by atoms with E-state index in [1.165, 1.54) is 43.4 Å². The number of aromatic nitrogens is 2. The Morgan fingerprint density at radius 3 is 2.68 bits per heavy atom. The van der Waals surface area contributed by atoms with Crippen molar-refractivity contribution in [2.75, 3.05) is 7.05 Å². The van der Waals surface area contributed by atoms with Crippen LogP contribution in [0.4, 0.5) is 0 Å². The minimum absolute atomic E-state index is 0.0539. The van der Waals surface area contributed by atoms with E-state index in [9.17, 15) is 4.79 Å². The molecule has 1 saturated carbocycles. The third kappa shape index (κ3) is 3.05. The van der Waals surface area contributed by atoms with Gasteiger partial charge in [-0.2, -0.15) is 5.10 Å². The van der Waals surface area contributed by atoms with Crippen molar-refractivity contribution in [2.45, 2.75) is 76.9 Å². The maximum Gasteiger partial charge on any atom is 0.271 e. The van der Waals surface area contributed by atoms with Crippen LogP contribution in [-0.2, 0) is 19.4 Å². The average molecular weight is 304 g/mol. The molecule has 1 atom stereocenters. The SMILES string of the molecule is CCn1nc(C(=O)NC)c2c1CCC(NC1CCCCC1)C2. The van der Waals surface area contributed by atoms with E-state index < -0.39 is 0 Å². The van der Waals surface area contributed by atoms with Crippen LogP contribution < -0.4 is 10.6 Å². The Morgan fingerprint density at radius 2 is 2.00 bits per heavy atom. The van der Waals surface area contributed by atoms with E-state index in [1.54, 1.807) is 7.05 Å². The molecule has 1 heterocycles. The van der Waals surface area contributed by atoms with Crippen molar-refractivity contribution in [3.63, 3.8) is 0 Å². The molecule has 0 aliphatic heterocycles. The van der Waals surface area contributed by atoms with E-state index in [0.29, 0.717) is 17.8 Å². The van der Waals surface area contributed by atoms with Gasteiger partial charge in [0, 0.05) is 36.9 Å². The molecule has 0 bridgehead atoms. The van der Waals surface area contributed by atoms with Crippen LogP contribution in [-0.4, -0.2) is 34.8 Å². The molecular weight excluding hydrogens is 276 g/mol. The minimum atomic E-state index is -0.0539. The Morgan fingerprint density at radius 1 is 1.23 bits per heavy atom. The van der Waals surface area contributed by atoms with Crippen molar-refractivity contribution in [3.05, 3.63) is 17.0 Å². The topological polar surface area (TPSA) is 59.0 Å². The van der Waals surface area contributed by atoms with Gasteiger partial charge in [-0.3, -0.25) is 9.48 Å². The van der Waals surface area contributed by atoms with Crippen LogP contribution in [0.25, 0.3) is 0 Å². The Kier molecular flexibility index (Phi) is 4.81. The molecule has 2 aliphatic rings. The monoisotopic (exact) mass is 304 g/mol. The molecule has 0 spiro atoms. The standard InChI is InChI=1S/C17H28N4O/c1-3-21-15-10-9-13(19-12-7-5-4-6-8-12)11-14(15)16(20-21)17(22)18-2/h12-13,19H,3-11H2,1-2H3,(H,18,22). The van der Waals surface area contributed by atoms with E-state index in [1.807, 2.05) is 4.68 Å². The van der Waals surface area contributed by atoms with E-state index in [-0.39, 0.29) is 5.91 Å². The van der Waals surface area contributed by atoms with E-state index in [2.05, 4.69) is 22.7 Å². The number of carbonyl (C=O) groups is 1. The van der Waals surface area contributed by atoms with E-state index >= 15 is 0 Å². The Balaban J connectivity index is 1.75. The summed E-state index contributed by atoms with van der Waals surface area (Å²) in [5.41, 5.74) is 3.07. The van der Waals surface area contributed by atoms with Crippen LogP contribution in [0.1, 0.15) is 67.2 Å². The molecule has 2 aliphatic carbocycles. The second-order valence-electron chi connectivity index (χ2n) is 6.61. The van der Waals surface area contributed by atoms with Crippen molar-refractivity contribution < 1.29 is 4.79 Å².